The van der Waals surface area contributed by atoms with Crippen molar-refractivity contribution < 1.29 is 28.2 Å². The largest absolute Gasteiger partial charge is 0.448 e. The number of oxazole rings is 1. The van der Waals surface area contributed by atoms with E-state index < -0.39 is 0 Å². The maximum Gasteiger partial charge on any atom is 0.273 e. The van der Waals surface area contributed by atoms with Gasteiger partial charge in [0.1, 0.15) is 18.1 Å². The van der Waals surface area contributed by atoms with Gasteiger partial charge < -0.3 is 28.7 Å². The molecular formula is C39H59N5O6. The maximum absolute atomic E-state index is 12.0. The molecule has 0 spiro atoms. The van der Waals surface area contributed by atoms with Crippen LogP contribution in [0.3, 0.4) is 0 Å². The van der Waals surface area contributed by atoms with Gasteiger partial charge in [-0.1, -0.05) is 48.4 Å². The van der Waals surface area contributed by atoms with Crippen LogP contribution in [0.15, 0.2) is 47.2 Å². The van der Waals surface area contributed by atoms with Gasteiger partial charge in [0.05, 0.1) is 37.7 Å². The summed E-state index contributed by atoms with van der Waals surface area (Å²) in [6.45, 7) is 6.20. The van der Waals surface area contributed by atoms with E-state index in [2.05, 4.69) is 51.1 Å². The number of carbonyl (C=O) groups is 1. The molecule has 11 nitrogen and oxygen atoms in total. The Balaban J connectivity index is 0.857. The molecule has 50 heavy (non-hydrogen) atoms. The van der Waals surface area contributed by atoms with Crippen molar-refractivity contribution in [2.24, 2.45) is 0 Å². The Kier molecular flexibility index (Phi) is 16.7. The molecule has 4 heterocycles. The summed E-state index contributed by atoms with van der Waals surface area (Å²) in [5.41, 5.74) is 2.52. The quantitative estimate of drug-likeness (QED) is 0.0996. The molecule has 1 aromatic carbocycles. The van der Waals surface area contributed by atoms with Crippen molar-refractivity contribution in [3.8, 4) is 0 Å². The summed E-state index contributed by atoms with van der Waals surface area (Å²) in [5.74, 6) is 0.327. The number of rotatable bonds is 23. The van der Waals surface area contributed by atoms with E-state index >= 15 is 0 Å². The van der Waals surface area contributed by atoms with Crippen LogP contribution in [0.4, 0.5) is 0 Å². The zero-order chi connectivity index (χ0) is 34.6. The predicted molar refractivity (Wildman–Crippen MR) is 191 cm³/mol. The average molecular weight is 694 g/mol. The second-order valence-corrected chi connectivity index (χ2v) is 13.9. The van der Waals surface area contributed by atoms with Crippen molar-refractivity contribution in [3.63, 3.8) is 0 Å². The van der Waals surface area contributed by atoms with Crippen LogP contribution in [-0.2, 0) is 32.1 Å². The van der Waals surface area contributed by atoms with E-state index in [0.29, 0.717) is 30.8 Å². The molecule has 2 fully saturated rings. The number of aryl methyl sites for hydroxylation is 1. The Morgan fingerprint density at radius 2 is 1.54 bits per heavy atom. The van der Waals surface area contributed by atoms with E-state index in [1.165, 1.54) is 24.7 Å². The Morgan fingerprint density at radius 1 is 0.840 bits per heavy atom. The van der Waals surface area contributed by atoms with Crippen molar-refractivity contribution in [1.29, 1.82) is 0 Å². The topological polar surface area (TPSA) is 123 Å². The van der Waals surface area contributed by atoms with Gasteiger partial charge in [0.15, 0.2) is 11.6 Å². The van der Waals surface area contributed by atoms with Crippen LogP contribution >= 0.6 is 0 Å². The van der Waals surface area contributed by atoms with Gasteiger partial charge >= 0.3 is 0 Å². The lowest BCUT2D eigenvalue weighted by Gasteiger charge is -2.30. The van der Waals surface area contributed by atoms with Crippen LogP contribution < -0.4 is 5.32 Å². The first-order chi connectivity index (χ1) is 24.6. The molecule has 2 aliphatic heterocycles. The first-order valence-electron chi connectivity index (χ1n) is 19.2. The molecule has 3 aromatic rings. The third kappa shape index (κ3) is 13.9. The summed E-state index contributed by atoms with van der Waals surface area (Å²) in [4.78, 5) is 16.0. The molecule has 11 heteroatoms. The van der Waals surface area contributed by atoms with E-state index in [1.54, 1.807) is 6.92 Å². The van der Waals surface area contributed by atoms with Gasteiger partial charge in [0.25, 0.3) is 5.91 Å². The zero-order valence-electron chi connectivity index (χ0n) is 30.1. The second-order valence-electron chi connectivity index (χ2n) is 13.9. The molecule has 1 amide bonds. The molecular weight excluding hydrogens is 634 g/mol. The van der Waals surface area contributed by atoms with Crippen molar-refractivity contribution in [1.82, 2.24) is 25.3 Å². The highest BCUT2D eigenvalue weighted by Gasteiger charge is 2.27. The van der Waals surface area contributed by atoms with Crippen LogP contribution in [0, 0.1) is 6.92 Å². The molecule has 0 saturated carbocycles. The fourth-order valence-corrected chi connectivity index (χ4v) is 6.88. The summed E-state index contributed by atoms with van der Waals surface area (Å²) < 4.78 is 31.7. The van der Waals surface area contributed by atoms with Gasteiger partial charge in [-0.3, -0.25) is 4.79 Å². The van der Waals surface area contributed by atoms with Crippen LogP contribution in [0.25, 0.3) is 0 Å². The number of hydrogen-bond acceptors (Lipinski definition) is 9. The SMILES string of the molecule is Cc1nc(C(=O)NCCCCCCOCCCC[C@H]2CCC[C@@H](Cn3cc([C@@H]4CCC[C@H](CCCCOCc5ccccc5)O4)nn3)O2)co1. The number of nitrogens with zero attached hydrogens (tertiary/aromatic N) is 4. The first kappa shape index (κ1) is 38.1. The molecule has 0 bridgehead atoms. The Morgan fingerprint density at radius 3 is 2.32 bits per heavy atom. The molecule has 1 N–H and O–H groups in total. The molecule has 5 rings (SSSR count). The number of benzene rings is 1. The molecule has 0 unspecified atom stereocenters. The minimum atomic E-state index is -0.175. The highest BCUT2D eigenvalue weighted by molar-refractivity contribution is 5.91. The minimum absolute atomic E-state index is 0.0363. The maximum atomic E-state index is 12.0. The second kappa shape index (κ2) is 22.0. The van der Waals surface area contributed by atoms with Crippen molar-refractivity contribution in [2.75, 3.05) is 26.4 Å². The van der Waals surface area contributed by atoms with Crippen molar-refractivity contribution in [3.05, 3.63) is 65.6 Å². The fourth-order valence-electron chi connectivity index (χ4n) is 6.88. The van der Waals surface area contributed by atoms with Crippen LogP contribution in [0.1, 0.15) is 136 Å². The minimum Gasteiger partial charge on any atom is -0.448 e. The molecule has 2 aliphatic rings. The third-order valence-electron chi connectivity index (χ3n) is 9.66. The number of aromatic nitrogens is 4. The zero-order valence-corrected chi connectivity index (χ0v) is 30.1. The lowest BCUT2D eigenvalue weighted by atomic mass is 9.99. The molecule has 0 radical (unpaired) electrons. The standard InChI is InChI=1S/C39H59N5O6/c1-31-41-37(30-48-31)39(45)40-23-9-2-3-10-24-46-25-11-7-17-33-19-13-21-35(49-33)27-44-28-36(42-43-44)38-22-14-20-34(50-38)18-8-12-26-47-29-32-15-5-4-6-16-32/h4-6,15-16,28,30,33-35,38H,2-3,7-14,17-27,29H2,1H3,(H,40,45)/t33-,34-,35-,38-/m0/s1. The fraction of sp³-hybridized carbons (Fsp3) is 0.692. The van der Waals surface area contributed by atoms with Crippen LogP contribution in [0.5, 0.6) is 0 Å². The number of ether oxygens (including phenoxy) is 4. The van der Waals surface area contributed by atoms with Gasteiger partial charge in [-0.25, -0.2) is 9.67 Å². The molecule has 4 atom stereocenters. The van der Waals surface area contributed by atoms with Gasteiger partial charge in [-0.2, -0.15) is 0 Å². The summed E-state index contributed by atoms with van der Waals surface area (Å²) in [6.07, 6.45) is 21.7. The van der Waals surface area contributed by atoms with Gasteiger partial charge in [-0.15, -0.1) is 5.10 Å². The van der Waals surface area contributed by atoms with Crippen LogP contribution in [0.2, 0.25) is 0 Å². The normalized spacial score (nSPS) is 21.0. The van der Waals surface area contributed by atoms with Crippen LogP contribution in [-0.4, -0.2) is 70.6 Å². The smallest absolute Gasteiger partial charge is 0.273 e. The Bertz CT molecular complexity index is 1350. The first-order valence-corrected chi connectivity index (χ1v) is 19.2. The summed E-state index contributed by atoms with van der Waals surface area (Å²) in [7, 11) is 0. The summed E-state index contributed by atoms with van der Waals surface area (Å²) >= 11 is 0. The Hall–Kier alpha value is -3.12. The van der Waals surface area contributed by atoms with E-state index in [4.69, 9.17) is 23.4 Å². The van der Waals surface area contributed by atoms with E-state index in [-0.39, 0.29) is 24.2 Å². The van der Waals surface area contributed by atoms with Gasteiger partial charge in [0.2, 0.25) is 0 Å². The molecule has 2 saturated heterocycles. The molecule has 276 valence electrons. The number of carbonyl (C=O) groups excluding carboxylic acids is 1. The van der Waals surface area contributed by atoms with Gasteiger partial charge in [-0.05, 0) is 95.5 Å². The number of amides is 1. The number of nitrogens with one attached hydrogen (secondary N) is 1. The van der Waals surface area contributed by atoms with E-state index in [0.717, 1.165) is 122 Å². The van der Waals surface area contributed by atoms with E-state index in [9.17, 15) is 4.79 Å². The number of unbranched alkanes of at least 4 members (excludes halogenated alkanes) is 5. The van der Waals surface area contributed by atoms with E-state index in [1.807, 2.05) is 10.7 Å². The average Bonchev–Trinajstić information content (AvgIpc) is 3.80. The highest BCUT2D eigenvalue weighted by Crippen LogP contribution is 2.32. The number of hydrogen-bond donors (Lipinski definition) is 1. The third-order valence-corrected chi connectivity index (χ3v) is 9.66. The monoisotopic (exact) mass is 693 g/mol. The summed E-state index contributed by atoms with van der Waals surface area (Å²) in [6, 6.07) is 10.4. The molecule has 0 aliphatic carbocycles. The van der Waals surface area contributed by atoms with Crippen molar-refractivity contribution in [2.45, 2.75) is 147 Å². The van der Waals surface area contributed by atoms with Gasteiger partial charge in [0, 0.05) is 33.3 Å². The lowest BCUT2D eigenvalue weighted by molar-refractivity contribution is -0.0630. The summed E-state index contributed by atoms with van der Waals surface area (Å²) in [5, 5.41) is 11.9. The molecule has 2 aromatic heterocycles. The Labute approximate surface area is 298 Å². The highest BCUT2D eigenvalue weighted by atomic mass is 16.5. The lowest BCUT2D eigenvalue weighted by Crippen LogP contribution is -2.31. The van der Waals surface area contributed by atoms with Crippen molar-refractivity contribution >= 4 is 5.91 Å². The predicted octanol–water partition coefficient (Wildman–Crippen LogP) is 7.69.